The number of amides is 1. The summed E-state index contributed by atoms with van der Waals surface area (Å²) < 4.78 is 34.1. The van der Waals surface area contributed by atoms with E-state index in [1.807, 2.05) is 11.8 Å². The van der Waals surface area contributed by atoms with E-state index < -0.39 is 0 Å². The predicted octanol–water partition coefficient (Wildman–Crippen LogP) is 5.35. The van der Waals surface area contributed by atoms with E-state index in [0.29, 0.717) is 41.7 Å². The number of aromatic nitrogens is 3. The molecular formula is C26H24F2N4O2. The fraction of sp³-hybridized carbons (Fsp3) is 0.269. The second-order valence-electron chi connectivity index (χ2n) is 8.54. The molecule has 0 saturated carbocycles. The predicted molar refractivity (Wildman–Crippen MR) is 123 cm³/mol. The number of carbonyl (C=O) groups is 1. The van der Waals surface area contributed by atoms with Crippen molar-refractivity contribution >= 4 is 5.91 Å². The summed E-state index contributed by atoms with van der Waals surface area (Å²) in [7, 11) is 0. The molecule has 4 aromatic rings. The summed E-state index contributed by atoms with van der Waals surface area (Å²) in [6, 6.07) is 13.7. The summed E-state index contributed by atoms with van der Waals surface area (Å²) in [5.41, 5.74) is 2.52. The first-order chi connectivity index (χ1) is 16.5. The number of hydrogen-bond acceptors (Lipinski definition) is 4. The van der Waals surface area contributed by atoms with Crippen LogP contribution in [0.2, 0.25) is 0 Å². The van der Waals surface area contributed by atoms with Gasteiger partial charge in [0.05, 0.1) is 17.6 Å². The molecule has 0 N–H and O–H groups in total. The van der Waals surface area contributed by atoms with Gasteiger partial charge in [-0.2, -0.15) is 5.10 Å². The molecule has 2 aromatic carbocycles. The first-order valence-electron chi connectivity index (χ1n) is 11.3. The molecule has 1 aliphatic heterocycles. The number of benzene rings is 2. The molecule has 34 heavy (non-hydrogen) atoms. The Morgan fingerprint density at radius 2 is 1.76 bits per heavy atom. The second-order valence-corrected chi connectivity index (χ2v) is 8.54. The highest BCUT2D eigenvalue weighted by Gasteiger charge is 2.31. The quantitative estimate of drug-likeness (QED) is 0.401. The summed E-state index contributed by atoms with van der Waals surface area (Å²) in [5, 5.41) is 4.47. The molecule has 1 unspecified atom stereocenters. The average Bonchev–Trinajstić information content (AvgIpc) is 3.47. The van der Waals surface area contributed by atoms with E-state index in [1.165, 1.54) is 24.3 Å². The third-order valence-electron chi connectivity index (χ3n) is 6.10. The highest BCUT2D eigenvalue weighted by molar-refractivity contribution is 5.93. The molecule has 1 saturated heterocycles. The van der Waals surface area contributed by atoms with Crippen LogP contribution in [-0.2, 0) is 6.42 Å². The Kier molecular flexibility index (Phi) is 5.96. The van der Waals surface area contributed by atoms with E-state index in [2.05, 4.69) is 10.1 Å². The van der Waals surface area contributed by atoms with Crippen LogP contribution in [0, 0.1) is 18.6 Å². The molecule has 8 heteroatoms. The summed E-state index contributed by atoms with van der Waals surface area (Å²) in [6.45, 7) is 2.46. The van der Waals surface area contributed by atoms with E-state index in [1.54, 1.807) is 41.2 Å². The molecule has 0 spiro atoms. The van der Waals surface area contributed by atoms with Gasteiger partial charge in [0.1, 0.15) is 17.3 Å². The van der Waals surface area contributed by atoms with Gasteiger partial charge in [-0.1, -0.05) is 0 Å². The third kappa shape index (κ3) is 4.48. The summed E-state index contributed by atoms with van der Waals surface area (Å²) in [6.07, 6.45) is 4.87. The Balaban J connectivity index is 1.38. The normalized spacial score (nSPS) is 16.1. The Hall–Kier alpha value is -3.81. The first-order valence-corrected chi connectivity index (χ1v) is 11.3. The summed E-state index contributed by atoms with van der Waals surface area (Å²) >= 11 is 0. The Labute approximate surface area is 195 Å². The lowest BCUT2D eigenvalue weighted by Crippen LogP contribution is -2.45. The largest absolute Gasteiger partial charge is 0.441 e. The van der Waals surface area contributed by atoms with Gasteiger partial charge in [-0.15, -0.1) is 0 Å². The topological polar surface area (TPSA) is 64.2 Å². The molecule has 0 radical (unpaired) electrons. The van der Waals surface area contributed by atoms with Crippen LogP contribution in [0.5, 0.6) is 0 Å². The molecule has 0 aliphatic carbocycles. The molecular weight excluding hydrogens is 438 g/mol. The van der Waals surface area contributed by atoms with Crippen LogP contribution in [0.4, 0.5) is 8.78 Å². The van der Waals surface area contributed by atoms with Crippen LogP contribution in [0.15, 0.2) is 65.2 Å². The maximum absolute atomic E-state index is 13.6. The minimum Gasteiger partial charge on any atom is -0.441 e. The van der Waals surface area contributed by atoms with Crippen LogP contribution < -0.4 is 0 Å². The smallest absolute Gasteiger partial charge is 0.272 e. The Bertz CT molecular complexity index is 1300. The fourth-order valence-corrected chi connectivity index (χ4v) is 4.41. The zero-order chi connectivity index (χ0) is 23.7. The zero-order valence-corrected chi connectivity index (χ0v) is 18.7. The van der Waals surface area contributed by atoms with Crippen molar-refractivity contribution in [3.05, 3.63) is 89.7 Å². The Morgan fingerprint density at radius 3 is 2.50 bits per heavy atom. The minimum atomic E-state index is -0.345. The Morgan fingerprint density at radius 1 is 1.06 bits per heavy atom. The van der Waals surface area contributed by atoms with Crippen LogP contribution in [0.3, 0.4) is 0 Å². The summed E-state index contributed by atoms with van der Waals surface area (Å²) in [5.74, 6) is 0.318. The SMILES string of the molecule is Cc1cc(C(=O)N2CCCCC2Cc2ncc(-c3ccc(F)cc3)o2)n(-c2ccc(F)cc2)n1. The van der Waals surface area contributed by atoms with Crippen molar-refractivity contribution in [2.75, 3.05) is 6.54 Å². The van der Waals surface area contributed by atoms with Crippen molar-refractivity contribution in [2.45, 2.75) is 38.6 Å². The van der Waals surface area contributed by atoms with E-state index in [9.17, 15) is 13.6 Å². The molecule has 5 rings (SSSR count). The molecule has 6 nitrogen and oxygen atoms in total. The highest BCUT2D eigenvalue weighted by Crippen LogP contribution is 2.26. The zero-order valence-electron chi connectivity index (χ0n) is 18.7. The van der Waals surface area contributed by atoms with Crippen molar-refractivity contribution in [2.24, 2.45) is 0 Å². The van der Waals surface area contributed by atoms with Crippen molar-refractivity contribution in [1.82, 2.24) is 19.7 Å². The number of rotatable bonds is 5. The molecule has 2 aromatic heterocycles. The number of carbonyl (C=O) groups excluding carboxylic acids is 1. The van der Waals surface area contributed by atoms with Crippen molar-refractivity contribution < 1.29 is 18.0 Å². The molecule has 174 valence electrons. The monoisotopic (exact) mass is 462 g/mol. The molecule has 1 atom stereocenters. The molecule has 1 fully saturated rings. The van der Waals surface area contributed by atoms with E-state index >= 15 is 0 Å². The summed E-state index contributed by atoms with van der Waals surface area (Å²) in [4.78, 5) is 19.9. The van der Waals surface area contributed by atoms with Gasteiger partial charge in [0.15, 0.2) is 11.7 Å². The maximum atomic E-state index is 13.6. The van der Waals surface area contributed by atoms with Crippen LogP contribution in [0.25, 0.3) is 17.0 Å². The minimum absolute atomic E-state index is 0.0714. The van der Waals surface area contributed by atoms with Gasteiger partial charge >= 0.3 is 0 Å². The molecule has 3 heterocycles. The lowest BCUT2D eigenvalue weighted by atomic mass is 9.98. The number of likely N-dealkylation sites (tertiary alicyclic amines) is 1. The lowest BCUT2D eigenvalue weighted by Gasteiger charge is -2.35. The van der Waals surface area contributed by atoms with Gasteiger partial charge in [0, 0.05) is 24.6 Å². The number of aryl methyl sites for hydroxylation is 1. The van der Waals surface area contributed by atoms with Crippen molar-refractivity contribution in [1.29, 1.82) is 0 Å². The first kappa shape index (κ1) is 22.0. The maximum Gasteiger partial charge on any atom is 0.272 e. The van der Waals surface area contributed by atoms with Crippen LogP contribution in [0.1, 0.15) is 41.3 Å². The van der Waals surface area contributed by atoms with Crippen LogP contribution >= 0.6 is 0 Å². The highest BCUT2D eigenvalue weighted by atomic mass is 19.1. The van der Waals surface area contributed by atoms with E-state index in [0.717, 1.165) is 24.8 Å². The van der Waals surface area contributed by atoms with Gasteiger partial charge < -0.3 is 9.32 Å². The lowest BCUT2D eigenvalue weighted by molar-refractivity contribution is 0.0596. The molecule has 0 bridgehead atoms. The van der Waals surface area contributed by atoms with Gasteiger partial charge in [-0.3, -0.25) is 4.79 Å². The second kappa shape index (κ2) is 9.21. The van der Waals surface area contributed by atoms with Gasteiger partial charge in [-0.05, 0) is 80.8 Å². The molecule has 1 aliphatic rings. The van der Waals surface area contributed by atoms with Gasteiger partial charge in [-0.25, -0.2) is 18.4 Å². The number of hydrogen-bond donors (Lipinski definition) is 0. The van der Waals surface area contributed by atoms with Crippen molar-refractivity contribution in [3.63, 3.8) is 0 Å². The average molecular weight is 463 g/mol. The van der Waals surface area contributed by atoms with E-state index in [-0.39, 0.29) is 23.6 Å². The number of piperidine rings is 1. The number of oxazole rings is 1. The van der Waals surface area contributed by atoms with Gasteiger partial charge in [0.2, 0.25) is 0 Å². The number of halogens is 2. The van der Waals surface area contributed by atoms with E-state index in [4.69, 9.17) is 4.42 Å². The van der Waals surface area contributed by atoms with Gasteiger partial charge in [0.25, 0.3) is 5.91 Å². The number of nitrogens with zero attached hydrogens (tertiary/aromatic N) is 4. The fourth-order valence-electron chi connectivity index (χ4n) is 4.41. The van der Waals surface area contributed by atoms with Crippen molar-refractivity contribution in [3.8, 4) is 17.0 Å². The third-order valence-corrected chi connectivity index (χ3v) is 6.10. The standard InChI is InChI=1S/C26H24F2N4O2/c1-17-14-23(32(30-17)21-11-9-20(28)10-12-21)26(33)31-13-3-2-4-22(31)15-25-29-16-24(34-25)18-5-7-19(27)8-6-18/h5-12,14,16,22H,2-4,13,15H2,1H3. The molecule has 1 amide bonds. The van der Waals surface area contributed by atoms with Crippen LogP contribution in [-0.4, -0.2) is 38.2 Å².